The smallest absolute Gasteiger partial charge is 0.211 e. The summed E-state index contributed by atoms with van der Waals surface area (Å²) >= 11 is 0. The van der Waals surface area contributed by atoms with Crippen molar-refractivity contribution in [3.63, 3.8) is 0 Å². The molecule has 1 heterocycles. The standard InChI is InChI=1S/C14H22N2O4S/c1-21(18,19)16-9-7-15(8-10-16)11-13(17)12-20-14-5-3-2-4-6-14/h2-6,13,17H,7-12H2,1H3/t13-/m1/s1. The number of sulfonamides is 1. The van der Waals surface area contributed by atoms with Crippen molar-refractivity contribution < 1.29 is 18.3 Å². The molecule has 0 aliphatic carbocycles. The van der Waals surface area contributed by atoms with Gasteiger partial charge in [0.15, 0.2) is 0 Å². The van der Waals surface area contributed by atoms with E-state index in [0.29, 0.717) is 32.7 Å². The van der Waals surface area contributed by atoms with Gasteiger partial charge in [-0.2, -0.15) is 4.31 Å². The number of piperazine rings is 1. The van der Waals surface area contributed by atoms with Gasteiger partial charge in [-0.05, 0) is 12.1 Å². The molecule has 1 aliphatic heterocycles. The molecule has 0 aromatic heterocycles. The molecule has 21 heavy (non-hydrogen) atoms. The third kappa shape index (κ3) is 5.28. The largest absolute Gasteiger partial charge is 0.491 e. The van der Waals surface area contributed by atoms with Crippen LogP contribution in [0.2, 0.25) is 0 Å². The second-order valence-electron chi connectivity index (χ2n) is 5.24. The summed E-state index contributed by atoms with van der Waals surface area (Å²) in [6.45, 7) is 2.95. The minimum Gasteiger partial charge on any atom is -0.491 e. The van der Waals surface area contributed by atoms with Crippen LogP contribution in [-0.4, -0.2) is 74.4 Å². The summed E-state index contributed by atoms with van der Waals surface area (Å²) in [5.41, 5.74) is 0. The Balaban J connectivity index is 1.71. The maximum atomic E-state index is 11.4. The third-order valence-electron chi connectivity index (χ3n) is 3.45. The monoisotopic (exact) mass is 314 g/mol. The molecule has 0 spiro atoms. The van der Waals surface area contributed by atoms with Gasteiger partial charge in [-0.3, -0.25) is 4.90 Å². The van der Waals surface area contributed by atoms with Crippen molar-refractivity contribution in [1.29, 1.82) is 0 Å². The minimum atomic E-state index is -3.10. The molecule has 7 heteroatoms. The molecule has 0 unspecified atom stereocenters. The Morgan fingerprint density at radius 3 is 2.38 bits per heavy atom. The van der Waals surface area contributed by atoms with E-state index in [2.05, 4.69) is 4.90 Å². The molecule has 1 aromatic carbocycles. The Bertz CT molecular complexity index is 527. The van der Waals surface area contributed by atoms with Crippen molar-refractivity contribution in [2.75, 3.05) is 45.6 Å². The van der Waals surface area contributed by atoms with Crippen LogP contribution < -0.4 is 4.74 Å². The van der Waals surface area contributed by atoms with Crippen LogP contribution in [0.15, 0.2) is 30.3 Å². The highest BCUT2D eigenvalue weighted by Crippen LogP contribution is 2.10. The zero-order valence-electron chi connectivity index (χ0n) is 12.2. The molecule has 2 rings (SSSR count). The molecule has 0 saturated carbocycles. The maximum absolute atomic E-state index is 11.4. The normalized spacial score (nSPS) is 19.3. The number of β-amino-alcohol motifs (C(OH)–C–C–N with tert-alkyl or cyclic N) is 1. The van der Waals surface area contributed by atoms with Gasteiger partial charge in [0.2, 0.25) is 10.0 Å². The number of para-hydroxylation sites is 1. The molecule has 1 fully saturated rings. The van der Waals surface area contributed by atoms with E-state index in [0.717, 1.165) is 5.75 Å². The number of ether oxygens (including phenoxy) is 1. The van der Waals surface area contributed by atoms with Crippen LogP contribution in [0.3, 0.4) is 0 Å². The molecule has 1 aromatic rings. The van der Waals surface area contributed by atoms with E-state index in [4.69, 9.17) is 4.74 Å². The number of hydrogen-bond acceptors (Lipinski definition) is 5. The van der Waals surface area contributed by atoms with E-state index in [9.17, 15) is 13.5 Å². The zero-order valence-corrected chi connectivity index (χ0v) is 13.0. The number of hydrogen-bond donors (Lipinski definition) is 1. The van der Waals surface area contributed by atoms with Crippen molar-refractivity contribution >= 4 is 10.0 Å². The minimum absolute atomic E-state index is 0.232. The third-order valence-corrected chi connectivity index (χ3v) is 4.76. The molecular formula is C14H22N2O4S. The first-order valence-corrected chi connectivity index (χ1v) is 8.83. The fraction of sp³-hybridized carbons (Fsp3) is 0.571. The van der Waals surface area contributed by atoms with Gasteiger partial charge >= 0.3 is 0 Å². The predicted molar refractivity (Wildman–Crippen MR) is 80.8 cm³/mol. The van der Waals surface area contributed by atoms with Gasteiger partial charge in [-0.1, -0.05) is 18.2 Å². The first-order chi connectivity index (χ1) is 9.95. The maximum Gasteiger partial charge on any atom is 0.211 e. The molecule has 1 saturated heterocycles. The lowest BCUT2D eigenvalue weighted by Crippen LogP contribution is -2.50. The summed E-state index contributed by atoms with van der Waals surface area (Å²) in [4.78, 5) is 2.06. The van der Waals surface area contributed by atoms with E-state index in [-0.39, 0.29) is 6.61 Å². The molecule has 6 nitrogen and oxygen atoms in total. The van der Waals surface area contributed by atoms with Gasteiger partial charge in [0.05, 0.1) is 6.26 Å². The van der Waals surface area contributed by atoms with E-state index in [1.54, 1.807) is 0 Å². The van der Waals surface area contributed by atoms with E-state index in [1.807, 2.05) is 30.3 Å². The molecule has 0 amide bonds. The van der Waals surface area contributed by atoms with Crippen molar-refractivity contribution in [2.24, 2.45) is 0 Å². The van der Waals surface area contributed by atoms with Gasteiger partial charge in [0, 0.05) is 32.7 Å². The summed E-state index contributed by atoms with van der Waals surface area (Å²) in [6.07, 6.45) is 0.639. The van der Waals surface area contributed by atoms with Crippen LogP contribution in [0.5, 0.6) is 5.75 Å². The van der Waals surface area contributed by atoms with Gasteiger partial charge in [-0.25, -0.2) is 8.42 Å². The summed E-state index contributed by atoms with van der Waals surface area (Å²) in [5, 5.41) is 9.99. The van der Waals surface area contributed by atoms with Crippen molar-refractivity contribution in [1.82, 2.24) is 9.21 Å². The quantitative estimate of drug-likeness (QED) is 0.800. The molecule has 1 aliphatic rings. The average Bonchev–Trinajstić information content (AvgIpc) is 2.46. The highest BCUT2D eigenvalue weighted by atomic mass is 32.2. The number of aliphatic hydroxyl groups is 1. The highest BCUT2D eigenvalue weighted by Gasteiger charge is 2.24. The lowest BCUT2D eigenvalue weighted by molar-refractivity contribution is 0.0570. The van der Waals surface area contributed by atoms with Gasteiger partial charge < -0.3 is 9.84 Å². The van der Waals surface area contributed by atoms with Crippen LogP contribution >= 0.6 is 0 Å². The lowest BCUT2D eigenvalue weighted by atomic mass is 10.3. The summed E-state index contributed by atoms with van der Waals surface area (Å²) < 4.78 is 29.8. The second-order valence-corrected chi connectivity index (χ2v) is 7.22. The van der Waals surface area contributed by atoms with Crippen LogP contribution in [0, 0.1) is 0 Å². The van der Waals surface area contributed by atoms with Crippen molar-refractivity contribution in [2.45, 2.75) is 6.10 Å². The number of nitrogens with zero attached hydrogens (tertiary/aromatic N) is 2. The Labute approximate surface area is 126 Å². The fourth-order valence-corrected chi connectivity index (χ4v) is 3.13. The molecule has 118 valence electrons. The summed E-state index contributed by atoms with van der Waals surface area (Å²) in [5.74, 6) is 0.735. The fourth-order valence-electron chi connectivity index (χ4n) is 2.30. The van der Waals surface area contributed by atoms with Crippen LogP contribution in [0.25, 0.3) is 0 Å². The molecule has 1 atom stereocenters. The molecule has 0 radical (unpaired) electrons. The van der Waals surface area contributed by atoms with Crippen LogP contribution in [0.1, 0.15) is 0 Å². The van der Waals surface area contributed by atoms with E-state index < -0.39 is 16.1 Å². The highest BCUT2D eigenvalue weighted by molar-refractivity contribution is 7.88. The SMILES string of the molecule is CS(=O)(=O)N1CCN(C[C@@H](O)COc2ccccc2)CC1. The lowest BCUT2D eigenvalue weighted by Gasteiger charge is -2.34. The Morgan fingerprint density at radius 2 is 1.81 bits per heavy atom. The average molecular weight is 314 g/mol. The number of rotatable bonds is 6. The van der Waals surface area contributed by atoms with Gasteiger partial charge in [0.25, 0.3) is 0 Å². The van der Waals surface area contributed by atoms with Crippen molar-refractivity contribution in [3.8, 4) is 5.75 Å². The zero-order chi connectivity index (χ0) is 15.3. The summed E-state index contributed by atoms with van der Waals surface area (Å²) in [7, 11) is -3.10. The first kappa shape index (κ1) is 16.2. The van der Waals surface area contributed by atoms with Crippen LogP contribution in [0.4, 0.5) is 0 Å². The van der Waals surface area contributed by atoms with Crippen molar-refractivity contribution in [3.05, 3.63) is 30.3 Å². The molecule has 1 N–H and O–H groups in total. The van der Waals surface area contributed by atoms with E-state index in [1.165, 1.54) is 10.6 Å². The first-order valence-electron chi connectivity index (χ1n) is 6.98. The summed E-state index contributed by atoms with van der Waals surface area (Å²) in [6, 6.07) is 9.36. The Kier molecular flexibility index (Phi) is 5.58. The predicted octanol–water partition coefficient (Wildman–Crippen LogP) is 0.00350. The van der Waals surface area contributed by atoms with E-state index >= 15 is 0 Å². The Morgan fingerprint density at radius 1 is 1.19 bits per heavy atom. The van der Waals surface area contributed by atoms with Gasteiger partial charge in [-0.15, -0.1) is 0 Å². The second kappa shape index (κ2) is 7.22. The van der Waals surface area contributed by atoms with Crippen LogP contribution in [-0.2, 0) is 10.0 Å². The van der Waals surface area contributed by atoms with Gasteiger partial charge in [0.1, 0.15) is 18.5 Å². The number of aliphatic hydroxyl groups excluding tert-OH is 1. The molecular weight excluding hydrogens is 292 g/mol. The topological polar surface area (TPSA) is 70.1 Å². The Hall–Kier alpha value is -1.15. The molecule has 0 bridgehead atoms. The number of benzene rings is 1.